The summed E-state index contributed by atoms with van der Waals surface area (Å²) in [7, 11) is 0. The molecule has 1 fully saturated rings. The number of hydroxylamine groups is 2. The molecule has 1 aliphatic heterocycles. The summed E-state index contributed by atoms with van der Waals surface area (Å²) < 4.78 is 5.91. The minimum atomic E-state index is -0.408. The number of rotatable bonds is 6. The quantitative estimate of drug-likeness (QED) is 0.407. The predicted molar refractivity (Wildman–Crippen MR) is 122 cm³/mol. The van der Waals surface area contributed by atoms with Crippen molar-refractivity contribution in [2.75, 3.05) is 0 Å². The third-order valence-electron chi connectivity index (χ3n) is 5.89. The SMILES string of the molecule is C=Cc1ccc(CC)c(ON2C(C)(C)CCCC2(C)C)c1OC(=O)c1ccccc1. The lowest BCUT2D eigenvalue weighted by molar-refractivity contribution is -0.217. The molecule has 2 aromatic rings. The number of carbonyl (C=O) groups is 1. The van der Waals surface area contributed by atoms with E-state index in [9.17, 15) is 4.79 Å². The van der Waals surface area contributed by atoms with Crippen LogP contribution in [0, 0.1) is 0 Å². The van der Waals surface area contributed by atoms with Gasteiger partial charge in [-0.3, -0.25) is 0 Å². The van der Waals surface area contributed by atoms with E-state index in [1.54, 1.807) is 18.2 Å². The first kappa shape index (κ1) is 22.1. The molecule has 0 N–H and O–H groups in total. The number of piperidine rings is 1. The molecule has 1 heterocycles. The van der Waals surface area contributed by atoms with Crippen LogP contribution in [0.5, 0.6) is 11.5 Å². The fourth-order valence-corrected chi connectivity index (χ4v) is 4.30. The van der Waals surface area contributed by atoms with Gasteiger partial charge >= 0.3 is 5.97 Å². The summed E-state index contributed by atoms with van der Waals surface area (Å²) >= 11 is 0. The van der Waals surface area contributed by atoms with Crippen molar-refractivity contribution in [2.24, 2.45) is 0 Å². The zero-order chi connectivity index (χ0) is 21.9. The molecule has 0 saturated carbocycles. The van der Waals surface area contributed by atoms with E-state index in [0.717, 1.165) is 36.8 Å². The van der Waals surface area contributed by atoms with Gasteiger partial charge in [0, 0.05) is 11.1 Å². The molecule has 0 radical (unpaired) electrons. The summed E-state index contributed by atoms with van der Waals surface area (Å²) in [4.78, 5) is 19.5. The van der Waals surface area contributed by atoms with Crippen molar-refractivity contribution in [3.05, 3.63) is 65.7 Å². The van der Waals surface area contributed by atoms with Crippen LogP contribution in [0.15, 0.2) is 49.0 Å². The summed E-state index contributed by atoms with van der Waals surface area (Å²) in [6, 6.07) is 13.0. The van der Waals surface area contributed by atoms with Gasteiger partial charge in [-0.1, -0.05) is 49.9 Å². The van der Waals surface area contributed by atoms with Gasteiger partial charge in [0.1, 0.15) is 0 Å². The molecule has 1 saturated heterocycles. The molecule has 2 aromatic carbocycles. The number of esters is 1. The Morgan fingerprint density at radius 3 is 2.23 bits per heavy atom. The summed E-state index contributed by atoms with van der Waals surface area (Å²) in [5.41, 5.74) is 1.95. The van der Waals surface area contributed by atoms with Crippen molar-refractivity contribution >= 4 is 12.0 Å². The molecule has 160 valence electrons. The number of carbonyl (C=O) groups excluding carboxylic acids is 1. The first-order valence-electron chi connectivity index (χ1n) is 10.7. The van der Waals surface area contributed by atoms with E-state index in [1.165, 1.54) is 0 Å². The first-order valence-corrected chi connectivity index (χ1v) is 10.7. The van der Waals surface area contributed by atoms with Crippen molar-refractivity contribution in [1.82, 2.24) is 5.06 Å². The molecular formula is C26H33NO3. The Kier molecular flexibility index (Phi) is 6.37. The Balaban J connectivity index is 2.06. The monoisotopic (exact) mass is 407 g/mol. The van der Waals surface area contributed by atoms with Crippen LogP contribution in [-0.4, -0.2) is 22.1 Å². The number of ether oxygens (including phenoxy) is 1. The molecule has 0 amide bonds. The van der Waals surface area contributed by atoms with Crippen LogP contribution in [0.1, 0.15) is 75.4 Å². The maximum absolute atomic E-state index is 12.9. The third-order valence-corrected chi connectivity index (χ3v) is 5.89. The van der Waals surface area contributed by atoms with Crippen molar-refractivity contribution < 1.29 is 14.4 Å². The predicted octanol–water partition coefficient (Wildman–Crippen LogP) is 6.45. The van der Waals surface area contributed by atoms with Crippen LogP contribution in [0.2, 0.25) is 0 Å². The summed E-state index contributed by atoms with van der Waals surface area (Å²) in [5, 5.41) is 2.09. The van der Waals surface area contributed by atoms with Gasteiger partial charge in [0.05, 0.1) is 16.6 Å². The molecular weight excluding hydrogens is 374 g/mol. The van der Waals surface area contributed by atoms with Crippen molar-refractivity contribution in [1.29, 1.82) is 0 Å². The zero-order valence-electron chi connectivity index (χ0n) is 18.8. The molecule has 0 aromatic heterocycles. The highest BCUT2D eigenvalue weighted by Gasteiger charge is 2.44. The smallest absolute Gasteiger partial charge is 0.343 e. The molecule has 0 aliphatic carbocycles. The Morgan fingerprint density at radius 2 is 1.67 bits per heavy atom. The van der Waals surface area contributed by atoms with E-state index in [1.807, 2.05) is 30.3 Å². The van der Waals surface area contributed by atoms with E-state index in [2.05, 4.69) is 46.3 Å². The third kappa shape index (κ3) is 4.44. The summed E-state index contributed by atoms with van der Waals surface area (Å²) in [6.07, 6.45) is 5.70. The molecule has 0 atom stereocenters. The van der Waals surface area contributed by atoms with Gasteiger partial charge in [0.15, 0.2) is 11.5 Å². The van der Waals surface area contributed by atoms with E-state index < -0.39 is 5.97 Å². The van der Waals surface area contributed by atoms with Crippen molar-refractivity contribution in [3.8, 4) is 11.5 Å². The minimum Gasteiger partial charge on any atom is -0.418 e. The molecule has 0 bridgehead atoms. The second kappa shape index (κ2) is 8.65. The second-order valence-electron chi connectivity index (χ2n) is 9.15. The molecule has 1 aliphatic rings. The Hall–Kier alpha value is -2.59. The normalized spacial score (nSPS) is 17.9. The zero-order valence-corrected chi connectivity index (χ0v) is 18.8. The average Bonchev–Trinajstić information content (AvgIpc) is 2.71. The number of hydrogen-bond acceptors (Lipinski definition) is 4. The van der Waals surface area contributed by atoms with Crippen LogP contribution in [0.4, 0.5) is 0 Å². The van der Waals surface area contributed by atoms with Gasteiger partial charge in [-0.15, -0.1) is 5.06 Å². The van der Waals surface area contributed by atoms with E-state index in [4.69, 9.17) is 9.57 Å². The van der Waals surface area contributed by atoms with Gasteiger partial charge in [-0.2, -0.15) is 0 Å². The minimum absolute atomic E-state index is 0.141. The Bertz CT molecular complexity index is 899. The largest absolute Gasteiger partial charge is 0.418 e. The topological polar surface area (TPSA) is 38.8 Å². The Morgan fingerprint density at radius 1 is 1.03 bits per heavy atom. The maximum Gasteiger partial charge on any atom is 0.343 e. The fourth-order valence-electron chi connectivity index (χ4n) is 4.30. The van der Waals surface area contributed by atoms with E-state index in [-0.39, 0.29) is 11.1 Å². The van der Waals surface area contributed by atoms with E-state index >= 15 is 0 Å². The van der Waals surface area contributed by atoms with Gasteiger partial charge in [0.25, 0.3) is 0 Å². The summed E-state index contributed by atoms with van der Waals surface area (Å²) in [5.74, 6) is 0.617. The van der Waals surface area contributed by atoms with Crippen LogP contribution in [-0.2, 0) is 6.42 Å². The lowest BCUT2D eigenvalue weighted by Gasteiger charge is -2.51. The number of aryl methyl sites for hydroxylation is 1. The highest BCUT2D eigenvalue weighted by atomic mass is 16.7. The van der Waals surface area contributed by atoms with Crippen LogP contribution >= 0.6 is 0 Å². The van der Waals surface area contributed by atoms with Crippen LogP contribution < -0.4 is 9.57 Å². The molecule has 0 spiro atoms. The number of benzene rings is 2. The highest BCUT2D eigenvalue weighted by molar-refractivity contribution is 5.92. The lowest BCUT2D eigenvalue weighted by atomic mass is 9.82. The second-order valence-corrected chi connectivity index (χ2v) is 9.15. The highest BCUT2D eigenvalue weighted by Crippen LogP contribution is 2.43. The molecule has 3 rings (SSSR count). The van der Waals surface area contributed by atoms with Gasteiger partial charge < -0.3 is 9.57 Å². The summed E-state index contributed by atoms with van der Waals surface area (Å²) in [6.45, 7) is 14.8. The molecule has 0 unspecified atom stereocenters. The van der Waals surface area contributed by atoms with Crippen LogP contribution in [0.3, 0.4) is 0 Å². The van der Waals surface area contributed by atoms with Crippen molar-refractivity contribution in [2.45, 2.75) is 71.4 Å². The number of hydrogen-bond donors (Lipinski definition) is 0. The van der Waals surface area contributed by atoms with Gasteiger partial charge in [-0.05, 0) is 65.5 Å². The number of nitrogens with zero attached hydrogens (tertiary/aromatic N) is 1. The average molecular weight is 408 g/mol. The Labute approximate surface area is 180 Å². The first-order chi connectivity index (χ1) is 14.2. The molecule has 4 heteroatoms. The molecule has 30 heavy (non-hydrogen) atoms. The molecule has 4 nitrogen and oxygen atoms in total. The van der Waals surface area contributed by atoms with Crippen molar-refractivity contribution in [3.63, 3.8) is 0 Å². The van der Waals surface area contributed by atoms with Crippen LogP contribution in [0.25, 0.3) is 6.08 Å². The van der Waals surface area contributed by atoms with Gasteiger partial charge in [-0.25, -0.2) is 4.79 Å². The standard InChI is InChI=1S/C26H33NO3/c1-7-19-15-16-20(8-2)23(22(19)29-24(28)21-13-10-9-11-14-21)30-27-25(3,4)17-12-18-26(27,5)6/h7,9-11,13-16H,1,8,12,17-18H2,2-6H3. The lowest BCUT2D eigenvalue weighted by Crippen LogP contribution is -2.60. The fraction of sp³-hybridized carbons (Fsp3) is 0.423. The van der Waals surface area contributed by atoms with Gasteiger partial charge in [0.2, 0.25) is 0 Å². The maximum atomic E-state index is 12.9. The van der Waals surface area contributed by atoms with E-state index in [0.29, 0.717) is 17.1 Å².